The molecule has 0 amide bonds. The minimum absolute atomic E-state index is 0.0543. The van der Waals surface area contributed by atoms with Crippen LogP contribution in [0.5, 0.6) is 0 Å². The molecule has 2 N–H and O–H groups in total. The summed E-state index contributed by atoms with van der Waals surface area (Å²) in [6, 6.07) is 14.8. The van der Waals surface area contributed by atoms with Gasteiger partial charge in [-0.2, -0.15) is 0 Å². The molecule has 94 valence electrons. The molecule has 1 nitrogen and oxygen atoms in total. The van der Waals surface area contributed by atoms with Crippen LogP contribution < -0.4 is 5.73 Å². The summed E-state index contributed by atoms with van der Waals surface area (Å²) in [4.78, 5) is 0. The first-order valence-corrected chi connectivity index (χ1v) is 6.11. The highest BCUT2D eigenvalue weighted by Crippen LogP contribution is 2.35. The van der Waals surface area contributed by atoms with E-state index in [-0.39, 0.29) is 6.54 Å². The molecule has 18 heavy (non-hydrogen) atoms. The van der Waals surface area contributed by atoms with E-state index in [2.05, 4.69) is 0 Å². The van der Waals surface area contributed by atoms with E-state index in [0.717, 1.165) is 11.1 Å². The molecule has 2 rings (SSSR count). The van der Waals surface area contributed by atoms with Gasteiger partial charge in [0.05, 0.1) is 0 Å². The summed E-state index contributed by atoms with van der Waals surface area (Å²) in [6.07, 6.45) is 0. The van der Waals surface area contributed by atoms with Crippen molar-refractivity contribution in [3.05, 3.63) is 70.8 Å². The molecule has 0 spiro atoms. The Labute approximate surface area is 107 Å². The first-order chi connectivity index (χ1) is 8.59. The number of rotatable bonds is 3. The molecule has 0 aliphatic rings. The molecule has 0 bridgehead atoms. The molecule has 0 fully saturated rings. The van der Waals surface area contributed by atoms with Gasteiger partial charge in [0, 0.05) is 6.54 Å². The second-order valence-corrected chi connectivity index (χ2v) is 4.62. The maximum atomic E-state index is 15.3. The first kappa shape index (κ1) is 12.8. The smallest absolute Gasteiger partial charge is 0.173 e. The summed E-state index contributed by atoms with van der Waals surface area (Å²) in [6.45, 7) is 3.87. The monoisotopic (exact) mass is 243 g/mol. The van der Waals surface area contributed by atoms with Gasteiger partial charge in [0.15, 0.2) is 5.67 Å². The average Bonchev–Trinajstić information content (AvgIpc) is 2.42. The van der Waals surface area contributed by atoms with Crippen LogP contribution in [-0.2, 0) is 5.67 Å². The molecule has 2 heteroatoms. The third-order valence-corrected chi connectivity index (χ3v) is 3.54. The Bertz CT molecular complexity index is 536. The molecule has 2 aromatic rings. The lowest BCUT2D eigenvalue weighted by Gasteiger charge is -2.27. The standard InChI is InChI=1S/C16H18FN/c1-12-7-6-10-15(13(12)2)16(17,11-18)14-8-4-3-5-9-14/h3-10H,11,18H2,1-2H3. The molecule has 1 unspecified atom stereocenters. The number of hydrogen-bond acceptors (Lipinski definition) is 1. The van der Waals surface area contributed by atoms with Gasteiger partial charge in [-0.3, -0.25) is 0 Å². The van der Waals surface area contributed by atoms with Crippen LogP contribution in [0.25, 0.3) is 0 Å². The van der Waals surface area contributed by atoms with Gasteiger partial charge >= 0.3 is 0 Å². The van der Waals surface area contributed by atoms with Crippen molar-refractivity contribution in [1.82, 2.24) is 0 Å². The van der Waals surface area contributed by atoms with Crippen molar-refractivity contribution >= 4 is 0 Å². The summed E-state index contributed by atoms with van der Waals surface area (Å²) in [5.74, 6) is 0. The van der Waals surface area contributed by atoms with Crippen molar-refractivity contribution in [2.75, 3.05) is 6.54 Å². The van der Waals surface area contributed by atoms with E-state index in [4.69, 9.17) is 5.73 Å². The van der Waals surface area contributed by atoms with Crippen LogP contribution in [0.2, 0.25) is 0 Å². The van der Waals surface area contributed by atoms with Crippen LogP contribution in [0.3, 0.4) is 0 Å². The van der Waals surface area contributed by atoms with Gasteiger partial charge < -0.3 is 5.73 Å². The van der Waals surface area contributed by atoms with E-state index in [0.29, 0.717) is 11.1 Å². The number of hydrogen-bond donors (Lipinski definition) is 1. The Morgan fingerprint density at radius 1 is 1.00 bits per heavy atom. The van der Waals surface area contributed by atoms with Gasteiger partial charge in [-0.25, -0.2) is 4.39 Å². The van der Waals surface area contributed by atoms with Crippen molar-refractivity contribution in [3.8, 4) is 0 Å². The minimum Gasteiger partial charge on any atom is -0.327 e. The van der Waals surface area contributed by atoms with E-state index < -0.39 is 5.67 Å². The summed E-state index contributed by atoms with van der Waals surface area (Å²) in [7, 11) is 0. The van der Waals surface area contributed by atoms with E-state index in [1.54, 1.807) is 12.1 Å². The van der Waals surface area contributed by atoms with Gasteiger partial charge in [-0.15, -0.1) is 0 Å². The van der Waals surface area contributed by atoms with Crippen molar-refractivity contribution in [2.24, 2.45) is 5.73 Å². The molecular formula is C16H18FN. The second-order valence-electron chi connectivity index (χ2n) is 4.62. The Balaban J connectivity index is 2.61. The average molecular weight is 243 g/mol. The fraction of sp³-hybridized carbons (Fsp3) is 0.250. The highest BCUT2D eigenvalue weighted by Gasteiger charge is 2.34. The van der Waals surface area contributed by atoms with Gasteiger partial charge in [-0.1, -0.05) is 48.5 Å². The Morgan fingerprint density at radius 2 is 1.67 bits per heavy atom. The summed E-state index contributed by atoms with van der Waals surface area (Å²) in [5.41, 5.74) is 7.43. The van der Waals surface area contributed by atoms with Gasteiger partial charge in [0.25, 0.3) is 0 Å². The zero-order chi connectivity index (χ0) is 13.2. The highest BCUT2D eigenvalue weighted by atomic mass is 19.1. The van der Waals surface area contributed by atoms with E-state index in [9.17, 15) is 0 Å². The van der Waals surface area contributed by atoms with Crippen LogP contribution in [0.1, 0.15) is 22.3 Å². The van der Waals surface area contributed by atoms with Crippen molar-refractivity contribution in [2.45, 2.75) is 19.5 Å². The molecule has 0 saturated carbocycles. The molecule has 2 aromatic carbocycles. The van der Waals surface area contributed by atoms with Crippen LogP contribution in [0, 0.1) is 13.8 Å². The fourth-order valence-electron chi connectivity index (χ4n) is 2.27. The van der Waals surface area contributed by atoms with Crippen LogP contribution in [0.15, 0.2) is 48.5 Å². The quantitative estimate of drug-likeness (QED) is 0.877. The summed E-state index contributed by atoms with van der Waals surface area (Å²) in [5, 5.41) is 0. The summed E-state index contributed by atoms with van der Waals surface area (Å²) < 4.78 is 15.3. The number of halogens is 1. The number of aryl methyl sites for hydroxylation is 1. The molecule has 0 aliphatic heterocycles. The van der Waals surface area contributed by atoms with Crippen LogP contribution in [0.4, 0.5) is 4.39 Å². The second kappa shape index (κ2) is 4.91. The predicted octanol–water partition coefficient (Wildman–Crippen LogP) is 3.48. The van der Waals surface area contributed by atoms with Gasteiger partial charge in [-0.05, 0) is 36.1 Å². The van der Waals surface area contributed by atoms with Crippen LogP contribution >= 0.6 is 0 Å². The number of benzene rings is 2. The van der Waals surface area contributed by atoms with Crippen molar-refractivity contribution in [1.29, 1.82) is 0 Å². The summed E-state index contributed by atoms with van der Waals surface area (Å²) >= 11 is 0. The normalized spacial score (nSPS) is 14.2. The molecular weight excluding hydrogens is 225 g/mol. The zero-order valence-electron chi connectivity index (χ0n) is 10.8. The minimum atomic E-state index is -1.61. The molecule has 0 radical (unpaired) electrons. The van der Waals surface area contributed by atoms with Crippen LogP contribution in [-0.4, -0.2) is 6.54 Å². The van der Waals surface area contributed by atoms with E-state index in [1.807, 2.05) is 50.2 Å². The molecule has 0 aliphatic carbocycles. The fourth-order valence-corrected chi connectivity index (χ4v) is 2.27. The Hall–Kier alpha value is -1.67. The number of nitrogens with two attached hydrogens (primary N) is 1. The lowest BCUT2D eigenvalue weighted by molar-refractivity contribution is 0.231. The first-order valence-electron chi connectivity index (χ1n) is 6.11. The van der Waals surface area contributed by atoms with Gasteiger partial charge in [0.1, 0.15) is 0 Å². The Morgan fingerprint density at radius 3 is 2.28 bits per heavy atom. The topological polar surface area (TPSA) is 26.0 Å². The maximum Gasteiger partial charge on any atom is 0.173 e. The predicted molar refractivity (Wildman–Crippen MR) is 73.3 cm³/mol. The highest BCUT2D eigenvalue weighted by molar-refractivity contribution is 5.44. The lowest BCUT2D eigenvalue weighted by atomic mass is 9.84. The van der Waals surface area contributed by atoms with Crippen molar-refractivity contribution < 1.29 is 4.39 Å². The molecule has 0 aromatic heterocycles. The maximum absolute atomic E-state index is 15.3. The van der Waals surface area contributed by atoms with Crippen molar-refractivity contribution in [3.63, 3.8) is 0 Å². The SMILES string of the molecule is Cc1cccc(C(F)(CN)c2ccccc2)c1C. The molecule has 1 atom stereocenters. The van der Waals surface area contributed by atoms with E-state index >= 15 is 4.39 Å². The molecule has 0 heterocycles. The molecule has 0 saturated heterocycles. The zero-order valence-corrected chi connectivity index (χ0v) is 10.8. The van der Waals surface area contributed by atoms with Gasteiger partial charge in [0.2, 0.25) is 0 Å². The Kier molecular flexibility index (Phi) is 3.48. The van der Waals surface area contributed by atoms with E-state index in [1.165, 1.54) is 0 Å². The number of alkyl halides is 1. The largest absolute Gasteiger partial charge is 0.327 e. The third kappa shape index (κ3) is 2.04. The third-order valence-electron chi connectivity index (χ3n) is 3.54. The lowest BCUT2D eigenvalue weighted by Crippen LogP contribution is -2.32.